The Bertz CT molecular complexity index is 977. The Morgan fingerprint density at radius 1 is 1.14 bits per heavy atom. The highest BCUT2D eigenvalue weighted by atomic mass is 35.5. The largest absolute Gasteiger partial charge is 0.322 e. The highest BCUT2D eigenvalue weighted by Crippen LogP contribution is 2.32. The highest BCUT2D eigenvalue weighted by Gasteiger charge is 2.27. The van der Waals surface area contributed by atoms with Gasteiger partial charge in [-0.1, -0.05) is 35.9 Å². The molecular formula is C22H23ClN4O. The monoisotopic (exact) mass is 394 g/mol. The van der Waals surface area contributed by atoms with Crippen LogP contribution in [0.3, 0.4) is 0 Å². The van der Waals surface area contributed by atoms with E-state index in [1.807, 2.05) is 60.1 Å². The molecule has 2 heterocycles. The lowest BCUT2D eigenvalue weighted by atomic mass is 9.91. The van der Waals surface area contributed by atoms with Crippen LogP contribution in [0.5, 0.6) is 0 Å². The molecule has 0 radical (unpaired) electrons. The molecule has 0 bridgehead atoms. The molecule has 1 amide bonds. The van der Waals surface area contributed by atoms with Crippen LogP contribution in [-0.4, -0.2) is 28.8 Å². The number of hydrogen-bond acceptors (Lipinski definition) is 3. The van der Waals surface area contributed by atoms with Gasteiger partial charge in [0.2, 0.25) is 0 Å². The van der Waals surface area contributed by atoms with Gasteiger partial charge in [0.05, 0.1) is 23.1 Å². The molecule has 0 spiro atoms. The van der Waals surface area contributed by atoms with Gasteiger partial charge < -0.3 is 10.6 Å². The van der Waals surface area contributed by atoms with Crippen molar-refractivity contribution in [1.82, 2.24) is 15.1 Å². The first-order valence-corrected chi connectivity index (χ1v) is 9.93. The predicted octanol–water partition coefficient (Wildman–Crippen LogP) is 4.55. The van der Waals surface area contributed by atoms with E-state index in [4.69, 9.17) is 11.6 Å². The number of piperidine rings is 1. The summed E-state index contributed by atoms with van der Waals surface area (Å²) in [6.45, 7) is 3.85. The number of hydrogen-bond donors (Lipinski definition) is 2. The second kappa shape index (κ2) is 8.17. The number of nitrogens with zero attached hydrogens (tertiary/aromatic N) is 2. The van der Waals surface area contributed by atoms with Gasteiger partial charge in [0, 0.05) is 16.6 Å². The zero-order chi connectivity index (χ0) is 19.5. The number of carbonyl (C=O) groups excluding carboxylic acids is 1. The summed E-state index contributed by atoms with van der Waals surface area (Å²) in [7, 11) is 0. The maximum Gasteiger partial charge on any atom is 0.259 e. The zero-order valence-electron chi connectivity index (χ0n) is 15.8. The Labute approximate surface area is 169 Å². The first-order valence-electron chi connectivity index (χ1n) is 9.55. The lowest BCUT2D eigenvalue weighted by Crippen LogP contribution is -2.29. The Kier molecular flexibility index (Phi) is 5.46. The van der Waals surface area contributed by atoms with Crippen molar-refractivity contribution in [2.75, 3.05) is 18.4 Å². The van der Waals surface area contributed by atoms with Gasteiger partial charge >= 0.3 is 0 Å². The average molecular weight is 395 g/mol. The van der Waals surface area contributed by atoms with E-state index in [1.165, 1.54) is 0 Å². The predicted molar refractivity (Wildman–Crippen MR) is 113 cm³/mol. The average Bonchev–Trinajstić information content (AvgIpc) is 3.16. The Morgan fingerprint density at radius 2 is 1.89 bits per heavy atom. The molecule has 3 aromatic rings. The normalized spacial score (nSPS) is 14.8. The minimum atomic E-state index is -0.134. The summed E-state index contributed by atoms with van der Waals surface area (Å²) in [5, 5.41) is 11.7. The lowest BCUT2D eigenvalue weighted by Gasteiger charge is -2.25. The molecule has 1 aromatic heterocycles. The van der Waals surface area contributed by atoms with E-state index in [1.54, 1.807) is 6.20 Å². The van der Waals surface area contributed by atoms with E-state index in [2.05, 4.69) is 15.7 Å². The molecule has 0 saturated carbocycles. The molecule has 1 fully saturated rings. The molecule has 4 rings (SSSR count). The van der Waals surface area contributed by atoms with Crippen LogP contribution < -0.4 is 10.6 Å². The fourth-order valence-corrected chi connectivity index (χ4v) is 3.93. The minimum Gasteiger partial charge on any atom is -0.322 e. The van der Waals surface area contributed by atoms with Crippen LogP contribution >= 0.6 is 11.6 Å². The van der Waals surface area contributed by atoms with Crippen LogP contribution in [-0.2, 0) is 0 Å². The van der Waals surface area contributed by atoms with Crippen molar-refractivity contribution in [3.8, 4) is 5.69 Å². The number of carbonyl (C=O) groups is 1. The van der Waals surface area contributed by atoms with Crippen molar-refractivity contribution in [2.45, 2.75) is 25.7 Å². The van der Waals surface area contributed by atoms with Gasteiger partial charge in [0.1, 0.15) is 0 Å². The van der Waals surface area contributed by atoms with Crippen LogP contribution in [0.4, 0.5) is 5.69 Å². The summed E-state index contributed by atoms with van der Waals surface area (Å²) in [5.74, 6) is 0.129. The first-order chi connectivity index (χ1) is 13.6. The number of amides is 1. The standard InChI is InChI=1S/C22H23ClN4O/c1-15-19(23)8-5-9-20(15)27-21(16-10-12-24-13-11-16)18(14-25-27)22(28)26-17-6-3-2-4-7-17/h2-9,14,16,24H,10-13H2,1H3,(H,26,28). The molecule has 28 heavy (non-hydrogen) atoms. The smallest absolute Gasteiger partial charge is 0.259 e. The molecule has 0 atom stereocenters. The number of halogens is 1. The summed E-state index contributed by atoms with van der Waals surface area (Å²) in [4.78, 5) is 13.1. The third-order valence-electron chi connectivity index (χ3n) is 5.28. The van der Waals surface area contributed by atoms with Crippen LogP contribution in [0, 0.1) is 6.92 Å². The van der Waals surface area contributed by atoms with Gasteiger partial charge in [0.15, 0.2) is 0 Å². The van der Waals surface area contributed by atoms with Crippen LogP contribution in [0.25, 0.3) is 5.69 Å². The van der Waals surface area contributed by atoms with E-state index < -0.39 is 0 Å². The molecule has 6 heteroatoms. The number of para-hydroxylation sites is 1. The second-order valence-corrected chi connectivity index (χ2v) is 7.49. The Morgan fingerprint density at radius 3 is 2.64 bits per heavy atom. The fraction of sp³-hybridized carbons (Fsp3) is 0.273. The summed E-state index contributed by atoms with van der Waals surface area (Å²) in [6.07, 6.45) is 3.61. The summed E-state index contributed by atoms with van der Waals surface area (Å²) in [6, 6.07) is 15.3. The van der Waals surface area contributed by atoms with Gasteiger partial charge in [-0.2, -0.15) is 5.10 Å². The van der Waals surface area contributed by atoms with E-state index in [9.17, 15) is 4.79 Å². The maximum atomic E-state index is 13.1. The van der Waals surface area contributed by atoms with E-state index in [0.29, 0.717) is 10.6 Å². The van der Waals surface area contributed by atoms with Crippen molar-refractivity contribution in [2.24, 2.45) is 0 Å². The molecular weight excluding hydrogens is 372 g/mol. The quantitative estimate of drug-likeness (QED) is 0.682. The van der Waals surface area contributed by atoms with Gasteiger partial charge in [-0.25, -0.2) is 4.68 Å². The molecule has 0 unspecified atom stereocenters. The van der Waals surface area contributed by atoms with Gasteiger partial charge in [-0.15, -0.1) is 0 Å². The number of nitrogens with one attached hydrogen (secondary N) is 2. The molecule has 1 saturated heterocycles. The third kappa shape index (κ3) is 3.68. The van der Waals surface area contributed by atoms with Crippen molar-refractivity contribution in [3.63, 3.8) is 0 Å². The Balaban J connectivity index is 1.77. The van der Waals surface area contributed by atoms with Crippen molar-refractivity contribution < 1.29 is 4.79 Å². The van der Waals surface area contributed by atoms with Crippen LogP contribution in [0.1, 0.15) is 40.4 Å². The summed E-state index contributed by atoms with van der Waals surface area (Å²) in [5.41, 5.74) is 4.23. The lowest BCUT2D eigenvalue weighted by molar-refractivity contribution is 0.102. The van der Waals surface area contributed by atoms with E-state index in [0.717, 1.165) is 48.6 Å². The van der Waals surface area contributed by atoms with E-state index in [-0.39, 0.29) is 11.8 Å². The number of aromatic nitrogens is 2. The highest BCUT2D eigenvalue weighted by molar-refractivity contribution is 6.31. The molecule has 2 aromatic carbocycles. The van der Waals surface area contributed by atoms with Gasteiger partial charge in [-0.05, 0) is 62.7 Å². The molecule has 1 aliphatic rings. The fourth-order valence-electron chi connectivity index (χ4n) is 3.76. The molecule has 2 N–H and O–H groups in total. The minimum absolute atomic E-state index is 0.134. The second-order valence-electron chi connectivity index (χ2n) is 7.08. The van der Waals surface area contributed by atoms with E-state index >= 15 is 0 Å². The molecule has 144 valence electrons. The van der Waals surface area contributed by atoms with Crippen molar-refractivity contribution in [3.05, 3.63) is 76.6 Å². The molecule has 5 nitrogen and oxygen atoms in total. The SMILES string of the molecule is Cc1c(Cl)cccc1-n1ncc(C(=O)Nc2ccccc2)c1C1CCNCC1. The zero-order valence-corrected chi connectivity index (χ0v) is 16.5. The van der Waals surface area contributed by atoms with Crippen molar-refractivity contribution in [1.29, 1.82) is 0 Å². The summed E-state index contributed by atoms with van der Waals surface area (Å²) < 4.78 is 1.90. The summed E-state index contributed by atoms with van der Waals surface area (Å²) >= 11 is 6.35. The molecule has 0 aliphatic carbocycles. The first kappa shape index (κ1) is 18.7. The number of rotatable bonds is 4. The van der Waals surface area contributed by atoms with Crippen LogP contribution in [0.15, 0.2) is 54.7 Å². The number of benzene rings is 2. The third-order valence-corrected chi connectivity index (χ3v) is 5.69. The molecule has 1 aliphatic heterocycles. The van der Waals surface area contributed by atoms with Gasteiger partial charge in [0.25, 0.3) is 5.91 Å². The Hall–Kier alpha value is -2.63. The van der Waals surface area contributed by atoms with Crippen LogP contribution in [0.2, 0.25) is 5.02 Å². The number of anilines is 1. The van der Waals surface area contributed by atoms with Crippen molar-refractivity contribution >= 4 is 23.2 Å². The maximum absolute atomic E-state index is 13.1. The van der Waals surface area contributed by atoms with Gasteiger partial charge in [-0.3, -0.25) is 4.79 Å². The topological polar surface area (TPSA) is 59.0 Å².